The van der Waals surface area contributed by atoms with Crippen molar-refractivity contribution >= 4 is 40.4 Å². The highest BCUT2D eigenvalue weighted by molar-refractivity contribution is 7.99. The van der Waals surface area contributed by atoms with Gasteiger partial charge in [-0.25, -0.2) is 0 Å². The fourth-order valence-electron chi connectivity index (χ4n) is 3.34. The van der Waals surface area contributed by atoms with Gasteiger partial charge in [-0.05, 0) is 47.5 Å². The molecular weight excluding hydrogens is 398 g/mol. The number of carbonyl (C=O) groups is 1. The van der Waals surface area contributed by atoms with Crippen LogP contribution in [0.25, 0.3) is 0 Å². The number of nitro groups is 1. The summed E-state index contributed by atoms with van der Waals surface area (Å²) < 4.78 is 0. The Morgan fingerprint density at radius 3 is 2.43 bits per heavy atom. The molecule has 3 aromatic carbocycles. The molecule has 1 heterocycles. The maximum Gasteiger partial charge on any atom is 0.269 e. The fourth-order valence-corrected chi connectivity index (χ4v) is 4.57. The maximum atomic E-state index is 11.3. The molecule has 1 amide bonds. The third kappa shape index (κ3) is 4.41. The number of aliphatic imine (C=N–C) groups is 1. The number of nitrogens with zero attached hydrogens (tertiary/aromatic N) is 2. The van der Waals surface area contributed by atoms with Gasteiger partial charge in [0.2, 0.25) is 5.91 Å². The molecule has 6 nitrogen and oxygen atoms in total. The summed E-state index contributed by atoms with van der Waals surface area (Å²) in [7, 11) is 0. The van der Waals surface area contributed by atoms with Gasteiger partial charge in [-0.3, -0.25) is 19.9 Å². The van der Waals surface area contributed by atoms with Crippen molar-refractivity contribution in [2.45, 2.75) is 23.5 Å². The summed E-state index contributed by atoms with van der Waals surface area (Å²) in [5.74, 6) is -0.104. The molecule has 1 atom stereocenters. The van der Waals surface area contributed by atoms with Crippen molar-refractivity contribution < 1.29 is 9.72 Å². The smallest absolute Gasteiger partial charge is 0.269 e. The van der Waals surface area contributed by atoms with E-state index >= 15 is 0 Å². The molecule has 0 saturated carbocycles. The number of amides is 1. The van der Waals surface area contributed by atoms with Gasteiger partial charge in [-0.15, -0.1) is 11.8 Å². The first-order valence-corrected chi connectivity index (χ1v) is 10.3. The van der Waals surface area contributed by atoms with Crippen LogP contribution in [0.5, 0.6) is 0 Å². The maximum absolute atomic E-state index is 11.3. The molecule has 7 heteroatoms. The Morgan fingerprint density at radius 1 is 1.07 bits per heavy atom. The number of hydrogen-bond acceptors (Lipinski definition) is 5. The molecule has 3 aromatic rings. The van der Waals surface area contributed by atoms with Gasteiger partial charge in [0.1, 0.15) is 0 Å². The Morgan fingerprint density at radius 2 is 1.77 bits per heavy atom. The lowest BCUT2D eigenvalue weighted by atomic mass is 10.0. The van der Waals surface area contributed by atoms with Gasteiger partial charge >= 0.3 is 0 Å². The summed E-state index contributed by atoms with van der Waals surface area (Å²) >= 11 is 1.75. The van der Waals surface area contributed by atoms with Crippen molar-refractivity contribution in [3.63, 3.8) is 0 Å². The van der Waals surface area contributed by atoms with Crippen LogP contribution in [0.15, 0.2) is 82.7 Å². The van der Waals surface area contributed by atoms with E-state index in [1.54, 1.807) is 23.9 Å². The lowest BCUT2D eigenvalue weighted by Crippen LogP contribution is -2.07. The summed E-state index contributed by atoms with van der Waals surface area (Å²) in [5, 5.41) is 13.9. The minimum Gasteiger partial charge on any atom is -0.326 e. The number of thioether (sulfide) groups is 1. The van der Waals surface area contributed by atoms with Crippen LogP contribution in [0, 0.1) is 10.1 Å². The number of rotatable bonds is 4. The van der Waals surface area contributed by atoms with Crippen molar-refractivity contribution in [3.8, 4) is 0 Å². The quantitative estimate of drug-likeness (QED) is 0.422. The molecule has 0 bridgehead atoms. The predicted molar refractivity (Wildman–Crippen MR) is 120 cm³/mol. The molecule has 1 N–H and O–H groups in total. The van der Waals surface area contributed by atoms with Gasteiger partial charge in [0.15, 0.2) is 0 Å². The number of nitrogens with one attached hydrogen (secondary N) is 1. The molecule has 30 heavy (non-hydrogen) atoms. The molecule has 0 aliphatic carbocycles. The highest BCUT2D eigenvalue weighted by Gasteiger charge is 2.23. The second-order valence-corrected chi connectivity index (χ2v) is 8.19. The minimum absolute atomic E-state index is 0.0628. The monoisotopic (exact) mass is 417 g/mol. The van der Waals surface area contributed by atoms with Crippen molar-refractivity contribution in [3.05, 3.63) is 94.0 Å². The molecule has 150 valence electrons. The highest BCUT2D eigenvalue weighted by atomic mass is 32.2. The van der Waals surface area contributed by atoms with E-state index in [9.17, 15) is 14.9 Å². The van der Waals surface area contributed by atoms with E-state index in [0.29, 0.717) is 6.42 Å². The summed E-state index contributed by atoms with van der Waals surface area (Å²) in [4.78, 5) is 27.8. The first kappa shape index (κ1) is 19.8. The Kier molecular flexibility index (Phi) is 5.63. The summed E-state index contributed by atoms with van der Waals surface area (Å²) in [6.45, 7) is 1.49. The number of fused-ring (bicyclic) bond motifs is 1. The molecule has 0 spiro atoms. The van der Waals surface area contributed by atoms with Crippen LogP contribution >= 0.6 is 11.8 Å². The summed E-state index contributed by atoms with van der Waals surface area (Å²) in [6, 6.07) is 22.4. The van der Waals surface area contributed by atoms with Crippen molar-refractivity contribution in [1.82, 2.24) is 0 Å². The van der Waals surface area contributed by atoms with E-state index in [0.717, 1.165) is 33.1 Å². The standard InChI is InChI=1S/C23H19N3O3S/c1-15(27)24-18-10-6-17(7-11-18)23-14-21(16-8-12-19(13-9-16)26(28)29)25-20-4-2-3-5-22(20)30-23/h2-13,23H,14H2,1H3,(H,24,27). The summed E-state index contributed by atoms with van der Waals surface area (Å²) in [5.41, 5.74) is 4.60. The predicted octanol–water partition coefficient (Wildman–Crippen LogP) is 5.91. The normalized spacial score (nSPS) is 15.5. The number of hydrogen-bond donors (Lipinski definition) is 1. The molecule has 1 aliphatic rings. The number of carbonyl (C=O) groups excluding carboxylic acids is 1. The lowest BCUT2D eigenvalue weighted by molar-refractivity contribution is -0.384. The summed E-state index contributed by atoms with van der Waals surface area (Å²) in [6.07, 6.45) is 0.677. The van der Waals surface area contributed by atoms with E-state index in [-0.39, 0.29) is 16.8 Å². The first-order chi connectivity index (χ1) is 14.5. The van der Waals surface area contributed by atoms with Crippen LogP contribution in [-0.2, 0) is 4.79 Å². The molecule has 1 aliphatic heterocycles. The van der Waals surface area contributed by atoms with Crippen molar-refractivity contribution in [1.29, 1.82) is 0 Å². The van der Waals surface area contributed by atoms with Gasteiger partial charge < -0.3 is 5.32 Å². The van der Waals surface area contributed by atoms with Gasteiger partial charge in [0.25, 0.3) is 5.69 Å². The van der Waals surface area contributed by atoms with E-state index in [4.69, 9.17) is 4.99 Å². The molecule has 0 saturated heterocycles. The van der Waals surface area contributed by atoms with E-state index in [1.807, 2.05) is 42.5 Å². The number of para-hydroxylation sites is 1. The van der Waals surface area contributed by atoms with Gasteiger partial charge in [0.05, 0.1) is 10.6 Å². The number of benzene rings is 3. The largest absolute Gasteiger partial charge is 0.326 e. The van der Waals surface area contributed by atoms with Crippen LogP contribution in [0.4, 0.5) is 17.1 Å². The van der Waals surface area contributed by atoms with Crippen LogP contribution in [-0.4, -0.2) is 16.5 Å². The third-order valence-corrected chi connectivity index (χ3v) is 6.11. The van der Waals surface area contributed by atoms with Crippen LogP contribution in [0.1, 0.15) is 29.7 Å². The molecule has 4 rings (SSSR count). The fraction of sp³-hybridized carbons (Fsp3) is 0.130. The Labute approximate surface area is 178 Å². The van der Waals surface area contributed by atoms with Crippen molar-refractivity contribution in [2.75, 3.05) is 5.32 Å². The van der Waals surface area contributed by atoms with E-state index in [2.05, 4.69) is 11.4 Å². The third-order valence-electron chi connectivity index (χ3n) is 4.78. The average Bonchev–Trinajstić information content (AvgIpc) is 2.94. The van der Waals surface area contributed by atoms with Crippen LogP contribution < -0.4 is 5.32 Å². The topological polar surface area (TPSA) is 84.6 Å². The molecular formula is C23H19N3O3S. The van der Waals surface area contributed by atoms with Gasteiger partial charge in [0, 0.05) is 47.0 Å². The average molecular weight is 417 g/mol. The van der Waals surface area contributed by atoms with E-state index in [1.165, 1.54) is 19.1 Å². The van der Waals surface area contributed by atoms with Gasteiger partial charge in [-0.1, -0.05) is 24.3 Å². The van der Waals surface area contributed by atoms with E-state index < -0.39 is 4.92 Å². The highest BCUT2D eigenvalue weighted by Crippen LogP contribution is 2.45. The second kappa shape index (κ2) is 8.51. The number of non-ortho nitro benzene ring substituents is 1. The molecule has 1 unspecified atom stereocenters. The Hall–Kier alpha value is -3.45. The zero-order valence-electron chi connectivity index (χ0n) is 16.2. The molecule has 0 fully saturated rings. The van der Waals surface area contributed by atoms with Crippen LogP contribution in [0.2, 0.25) is 0 Å². The van der Waals surface area contributed by atoms with Gasteiger partial charge in [-0.2, -0.15) is 0 Å². The van der Waals surface area contributed by atoms with Crippen molar-refractivity contribution in [2.24, 2.45) is 4.99 Å². The van der Waals surface area contributed by atoms with Crippen LogP contribution in [0.3, 0.4) is 0 Å². The minimum atomic E-state index is -0.400. The second-order valence-electron chi connectivity index (χ2n) is 6.94. The first-order valence-electron chi connectivity index (χ1n) is 9.45. The number of nitro benzene ring substituents is 1. The SMILES string of the molecule is CC(=O)Nc1ccc(C2CC(c3ccc([N+](=O)[O-])cc3)=Nc3ccccc3S2)cc1. The zero-order valence-corrected chi connectivity index (χ0v) is 17.1. The molecule has 0 radical (unpaired) electrons. The zero-order chi connectivity index (χ0) is 21.1. The Balaban J connectivity index is 1.69. The molecule has 0 aromatic heterocycles. The Bertz CT molecular complexity index is 1130. The number of anilines is 1. The lowest BCUT2D eigenvalue weighted by Gasteiger charge is -2.17.